The lowest BCUT2D eigenvalue weighted by molar-refractivity contribution is 0.581. The van der Waals surface area contributed by atoms with Crippen LogP contribution in [-0.2, 0) is 0 Å². The number of hydrogen-bond acceptors (Lipinski definition) is 3. The average Bonchev–Trinajstić information content (AvgIpc) is 2.73. The summed E-state index contributed by atoms with van der Waals surface area (Å²) >= 11 is 1.57. The van der Waals surface area contributed by atoms with Gasteiger partial charge in [0, 0.05) is 6.54 Å². The minimum atomic E-state index is 1.09. The number of rotatable bonds is 10. The van der Waals surface area contributed by atoms with Crippen LogP contribution in [0.1, 0.15) is 64.0 Å². The average molecular weight is 254 g/mol. The molecule has 3 heteroatoms. The van der Waals surface area contributed by atoms with Crippen LogP contribution in [0.4, 0.5) is 5.00 Å². The second-order valence-corrected chi connectivity index (χ2v) is 5.54. The van der Waals surface area contributed by atoms with Crippen molar-refractivity contribution < 1.29 is 0 Å². The molecule has 0 saturated heterocycles. The zero-order valence-electron chi connectivity index (χ0n) is 11.3. The quantitative estimate of drug-likeness (QED) is 0.594. The van der Waals surface area contributed by atoms with Crippen LogP contribution in [0.5, 0.6) is 0 Å². The Labute approximate surface area is 110 Å². The third kappa shape index (κ3) is 7.37. The molecule has 0 aliphatic rings. The molecule has 2 nitrogen and oxygen atoms in total. The van der Waals surface area contributed by atoms with Gasteiger partial charge in [0.15, 0.2) is 0 Å². The maximum atomic E-state index is 4.25. The van der Waals surface area contributed by atoms with Crippen molar-refractivity contribution >= 4 is 16.5 Å². The second-order valence-electron chi connectivity index (χ2n) is 4.73. The van der Waals surface area contributed by atoms with Gasteiger partial charge in [-0.25, -0.2) is 0 Å². The summed E-state index contributed by atoms with van der Waals surface area (Å²) in [4.78, 5) is 0. The Morgan fingerprint density at radius 1 is 1.06 bits per heavy atom. The maximum absolute atomic E-state index is 4.25. The summed E-state index contributed by atoms with van der Waals surface area (Å²) in [6.07, 6.45) is 11.1. The Morgan fingerprint density at radius 2 is 1.71 bits per heavy atom. The van der Waals surface area contributed by atoms with E-state index in [0.29, 0.717) is 0 Å². The third-order valence-corrected chi connectivity index (χ3v) is 3.80. The number of hydrogen-bond donors (Lipinski definition) is 1. The van der Waals surface area contributed by atoms with Gasteiger partial charge in [0.05, 0.1) is 5.69 Å². The molecule has 0 amide bonds. The van der Waals surface area contributed by atoms with E-state index in [1.807, 2.05) is 6.92 Å². The standard InChI is InChI=1S/C14H26N2S/c1-3-4-5-6-7-8-9-10-11-15-14-12-13(2)16-17-14/h12,15H,3-11H2,1-2H3. The number of aryl methyl sites for hydroxylation is 1. The molecular weight excluding hydrogens is 228 g/mol. The Hall–Kier alpha value is -0.570. The fraction of sp³-hybridized carbons (Fsp3) is 0.786. The van der Waals surface area contributed by atoms with Gasteiger partial charge in [0.2, 0.25) is 0 Å². The topological polar surface area (TPSA) is 24.9 Å². The summed E-state index contributed by atoms with van der Waals surface area (Å²) in [6, 6.07) is 2.12. The van der Waals surface area contributed by atoms with Crippen LogP contribution in [0.2, 0.25) is 0 Å². The van der Waals surface area contributed by atoms with E-state index in [1.54, 1.807) is 11.5 Å². The van der Waals surface area contributed by atoms with Gasteiger partial charge < -0.3 is 5.32 Å². The molecule has 0 aliphatic heterocycles. The number of anilines is 1. The van der Waals surface area contributed by atoms with E-state index in [4.69, 9.17) is 0 Å². The molecular formula is C14H26N2S. The van der Waals surface area contributed by atoms with Gasteiger partial charge in [0.25, 0.3) is 0 Å². The minimum absolute atomic E-state index is 1.09. The summed E-state index contributed by atoms with van der Waals surface area (Å²) in [5.74, 6) is 0. The van der Waals surface area contributed by atoms with Crippen LogP contribution >= 0.6 is 11.5 Å². The summed E-state index contributed by atoms with van der Waals surface area (Å²) in [7, 11) is 0. The van der Waals surface area contributed by atoms with Gasteiger partial charge in [-0.05, 0) is 30.9 Å². The van der Waals surface area contributed by atoms with Crippen molar-refractivity contribution in [2.24, 2.45) is 0 Å². The van der Waals surface area contributed by atoms with Crippen molar-refractivity contribution in [3.8, 4) is 0 Å². The summed E-state index contributed by atoms with van der Waals surface area (Å²) in [5.41, 5.74) is 1.12. The van der Waals surface area contributed by atoms with Crippen LogP contribution in [0.15, 0.2) is 6.07 Å². The molecule has 0 radical (unpaired) electrons. The molecule has 0 aliphatic carbocycles. The predicted molar refractivity (Wildman–Crippen MR) is 78.0 cm³/mol. The van der Waals surface area contributed by atoms with E-state index in [1.165, 1.54) is 56.4 Å². The molecule has 98 valence electrons. The van der Waals surface area contributed by atoms with Crippen LogP contribution in [0.3, 0.4) is 0 Å². The van der Waals surface area contributed by atoms with Crippen LogP contribution < -0.4 is 5.32 Å². The molecule has 1 aromatic heterocycles. The first-order valence-corrected chi connectivity index (χ1v) is 7.77. The Morgan fingerprint density at radius 3 is 2.29 bits per heavy atom. The first-order valence-electron chi connectivity index (χ1n) is 7.00. The molecule has 1 aromatic rings. The lowest BCUT2D eigenvalue weighted by Crippen LogP contribution is -1.99. The van der Waals surface area contributed by atoms with Crippen molar-refractivity contribution in [3.63, 3.8) is 0 Å². The number of nitrogens with zero attached hydrogens (tertiary/aromatic N) is 1. The Kier molecular flexibility index (Phi) is 8.06. The number of unbranched alkanes of at least 4 members (excludes halogenated alkanes) is 7. The molecule has 0 spiro atoms. The van der Waals surface area contributed by atoms with Gasteiger partial charge in [-0.15, -0.1) is 0 Å². The molecule has 17 heavy (non-hydrogen) atoms. The van der Waals surface area contributed by atoms with Gasteiger partial charge in [-0.1, -0.05) is 51.9 Å². The molecule has 0 aromatic carbocycles. The highest BCUT2D eigenvalue weighted by atomic mass is 32.1. The highest BCUT2D eigenvalue weighted by Gasteiger charge is 1.96. The van der Waals surface area contributed by atoms with Crippen molar-refractivity contribution in [1.82, 2.24) is 4.37 Å². The summed E-state index contributed by atoms with van der Waals surface area (Å²) in [6.45, 7) is 5.40. The van der Waals surface area contributed by atoms with E-state index >= 15 is 0 Å². The zero-order valence-corrected chi connectivity index (χ0v) is 12.1. The van der Waals surface area contributed by atoms with E-state index in [9.17, 15) is 0 Å². The molecule has 0 unspecified atom stereocenters. The van der Waals surface area contributed by atoms with Crippen LogP contribution in [0, 0.1) is 6.92 Å². The highest BCUT2D eigenvalue weighted by molar-refractivity contribution is 7.10. The van der Waals surface area contributed by atoms with Crippen molar-refractivity contribution in [2.75, 3.05) is 11.9 Å². The Balaban J connectivity index is 1.84. The lowest BCUT2D eigenvalue weighted by Gasteiger charge is -2.03. The van der Waals surface area contributed by atoms with E-state index in [2.05, 4.69) is 22.7 Å². The molecule has 0 atom stereocenters. The molecule has 1 heterocycles. The SMILES string of the molecule is CCCCCCCCCCNc1cc(C)ns1. The van der Waals surface area contributed by atoms with Gasteiger partial charge in [-0.2, -0.15) is 4.37 Å². The summed E-state index contributed by atoms with van der Waals surface area (Å²) < 4.78 is 4.25. The molecule has 1 N–H and O–H groups in total. The van der Waals surface area contributed by atoms with Gasteiger partial charge in [-0.3, -0.25) is 0 Å². The molecule has 1 rings (SSSR count). The van der Waals surface area contributed by atoms with Crippen molar-refractivity contribution in [1.29, 1.82) is 0 Å². The van der Waals surface area contributed by atoms with Gasteiger partial charge >= 0.3 is 0 Å². The number of nitrogens with one attached hydrogen (secondary N) is 1. The van der Waals surface area contributed by atoms with Gasteiger partial charge in [0.1, 0.15) is 5.00 Å². The van der Waals surface area contributed by atoms with Crippen LogP contribution in [0.25, 0.3) is 0 Å². The van der Waals surface area contributed by atoms with Crippen molar-refractivity contribution in [3.05, 3.63) is 11.8 Å². The van der Waals surface area contributed by atoms with E-state index in [0.717, 1.165) is 12.2 Å². The summed E-state index contributed by atoms with van der Waals surface area (Å²) in [5, 5.41) is 4.65. The zero-order chi connectivity index (χ0) is 12.3. The lowest BCUT2D eigenvalue weighted by atomic mass is 10.1. The molecule has 0 fully saturated rings. The number of aromatic nitrogens is 1. The third-order valence-electron chi connectivity index (χ3n) is 2.96. The fourth-order valence-corrected chi connectivity index (χ4v) is 2.60. The Bertz CT molecular complexity index is 284. The second kappa shape index (κ2) is 9.46. The maximum Gasteiger partial charge on any atom is 0.109 e. The largest absolute Gasteiger partial charge is 0.376 e. The predicted octanol–water partition coefficient (Wildman–Crippen LogP) is 5.00. The highest BCUT2D eigenvalue weighted by Crippen LogP contribution is 2.15. The monoisotopic (exact) mass is 254 g/mol. The molecule has 0 bridgehead atoms. The first kappa shape index (κ1) is 14.5. The van der Waals surface area contributed by atoms with Crippen LogP contribution in [-0.4, -0.2) is 10.9 Å². The molecule has 0 saturated carbocycles. The van der Waals surface area contributed by atoms with E-state index < -0.39 is 0 Å². The minimum Gasteiger partial charge on any atom is -0.376 e. The van der Waals surface area contributed by atoms with Crippen molar-refractivity contribution in [2.45, 2.75) is 65.2 Å². The smallest absolute Gasteiger partial charge is 0.109 e. The normalized spacial score (nSPS) is 10.7. The van der Waals surface area contributed by atoms with E-state index in [-0.39, 0.29) is 0 Å². The fourth-order valence-electron chi connectivity index (χ4n) is 1.92. The first-order chi connectivity index (χ1) is 8.33.